The van der Waals surface area contributed by atoms with Crippen LogP contribution in [0.4, 0.5) is 10.6 Å². The largest absolute Gasteiger partial charge is 0.597 e. The van der Waals surface area contributed by atoms with Crippen LogP contribution in [0.15, 0.2) is 14.8 Å². The smallest absolute Gasteiger partial charge is 0.302 e. The van der Waals surface area contributed by atoms with Crippen LogP contribution in [0.5, 0.6) is 0 Å². The van der Waals surface area contributed by atoms with Gasteiger partial charge in [0.2, 0.25) is 11.3 Å². The third-order valence-corrected chi connectivity index (χ3v) is 3.16. The molecule has 6 aliphatic rings. The van der Waals surface area contributed by atoms with Crippen molar-refractivity contribution in [2.45, 2.75) is 0 Å². The molecule has 1 fully saturated rings. The minimum Gasteiger partial charge on any atom is -0.302 e. The molecule has 7 rings (SSSR count). The van der Waals surface area contributed by atoms with E-state index in [9.17, 15) is 14.2 Å². The lowest BCUT2D eigenvalue weighted by Crippen LogP contribution is -2.55. The molecule has 0 saturated carbocycles. The number of aromatic nitrogens is 2. The number of rotatable bonds is 0. The monoisotopic (exact) mass is 257 g/mol. The molecule has 6 aliphatic heterocycles. The molecule has 7 heterocycles. The van der Waals surface area contributed by atoms with E-state index in [1.807, 2.05) is 0 Å². The molecule has 0 N–H and O–H groups in total. The Kier molecular flexibility index (Phi) is 1.28. The number of anilines is 1. The van der Waals surface area contributed by atoms with Crippen LogP contribution in [0.1, 0.15) is 0 Å². The summed E-state index contributed by atoms with van der Waals surface area (Å²) in [7, 11) is -3.86. The number of hydrogen-bond acceptors (Lipinski definition) is 8. The Labute approximate surface area is 90.1 Å². The molecule has 11 nitrogen and oxygen atoms in total. The first-order chi connectivity index (χ1) is 8.06. The lowest BCUT2D eigenvalue weighted by molar-refractivity contribution is -0.0869. The minimum atomic E-state index is -3.86. The Bertz CT molecular complexity index is 801. The third-order valence-electron chi connectivity index (χ3n) is 2.10. The quantitative estimate of drug-likeness (QED) is 0.481. The van der Waals surface area contributed by atoms with Crippen molar-refractivity contribution in [2.24, 2.45) is 9.98 Å². The van der Waals surface area contributed by atoms with E-state index in [1.54, 1.807) is 0 Å². The number of phosphoric acid groups is 1. The van der Waals surface area contributed by atoms with Crippen molar-refractivity contribution < 1.29 is 23.2 Å². The van der Waals surface area contributed by atoms with E-state index in [2.05, 4.69) is 28.8 Å². The first kappa shape index (κ1) is 8.98. The fourth-order valence-corrected chi connectivity index (χ4v) is 2.42. The van der Waals surface area contributed by atoms with Crippen molar-refractivity contribution in [1.29, 1.82) is 0 Å². The highest BCUT2D eigenvalue weighted by Gasteiger charge is 2.52. The normalized spacial score (nSPS) is 21.6. The van der Waals surface area contributed by atoms with E-state index in [1.165, 1.54) is 0 Å². The van der Waals surface area contributed by atoms with E-state index in [0.717, 1.165) is 0 Å². The van der Waals surface area contributed by atoms with Gasteiger partial charge in [0.1, 0.15) is 0 Å². The molecule has 4 bridgehead atoms. The summed E-state index contributed by atoms with van der Waals surface area (Å²) in [5.74, 6) is -0.189. The maximum absolute atomic E-state index is 11.5. The third kappa shape index (κ3) is 0.976. The molecule has 12 heteroatoms. The van der Waals surface area contributed by atoms with Crippen LogP contribution in [0.25, 0.3) is 0 Å². The lowest BCUT2D eigenvalue weighted by Gasteiger charge is -2.35. The lowest BCUT2D eigenvalue weighted by atomic mass is 10.5. The highest BCUT2D eigenvalue weighted by molar-refractivity contribution is 7.49. The Morgan fingerprint density at radius 1 is 1.12 bits per heavy atom. The van der Waals surface area contributed by atoms with Gasteiger partial charge in [-0.3, -0.25) is 0 Å². The number of hydrogen-bond donors (Lipinski definition) is 0. The van der Waals surface area contributed by atoms with Crippen LogP contribution in [-0.4, -0.2) is 15.7 Å². The average molecular weight is 257 g/mol. The molecule has 1 aromatic rings. The van der Waals surface area contributed by atoms with Crippen molar-refractivity contribution in [3.63, 3.8) is 0 Å². The molecule has 0 radical (unpaired) electrons. The predicted octanol–water partition coefficient (Wildman–Crippen LogP) is -2.15. The molecule has 86 valence electrons. The van der Waals surface area contributed by atoms with Crippen molar-refractivity contribution >= 4 is 19.7 Å². The van der Waals surface area contributed by atoms with Gasteiger partial charge in [0.15, 0.2) is 5.36 Å². The molecule has 2 amide bonds. The number of carbonyl (C=O) groups is 1. The van der Waals surface area contributed by atoms with Gasteiger partial charge in [0.25, 0.3) is 0 Å². The van der Waals surface area contributed by atoms with Crippen LogP contribution in [0.3, 0.4) is 0 Å². The topological polar surface area (TPSA) is 125 Å². The summed E-state index contributed by atoms with van der Waals surface area (Å²) in [6, 6.07) is -0.829. The number of carbonyl (C=O) groups excluding carboxylic acids is 1. The second kappa shape index (κ2) is 2.42. The van der Waals surface area contributed by atoms with Crippen LogP contribution in [-0.2, 0) is 13.8 Å². The molecule has 0 spiro atoms. The fraction of sp³-hybridized carbons (Fsp3) is 0. The molecular weight excluding hydrogens is 257 g/mol. The first-order valence-corrected chi connectivity index (χ1v) is 5.66. The van der Waals surface area contributed by atoms with Crippen LogP contribution in [0, 0.1) is 0 Å². The zero-order chi connectivity index (χ0) is 11.8. The summed E-state index contributed by atoms with van der Waals surface area (Å²) in [4.78, 5) is 33.0. The fourth-order valence-electron chi connectivity index (χ4n) is 1.48. The molecule has 17 heavy (non-hydrogen) atoms. The molecule has 1 saturated heterocycles. The van der Waals surface area contributed by atoms with E-state index >= 15 is 0 Å². The highest BCUT2D eigenvalue weighted by Crippen LogP contribution is 2.57. The van der Waals surface area contributed by atoms with Crippen LogP contribution < -0.4 is 26.4 Å². The van der Waals surface area contributed by atoms with Crippen LogP contribution in [0.2, 0.25) is 0 Å². The summed E-state index contributed by atoms with van der Waals surface area (Å²) in [6.07, 6.45) is 0. The van der Waals surface area contributed by atoms with Gasteiger partial charge >= 0.3 is 19.5 Å². The predicted molar refractivity (Wildman–Crippen MR) is 45.0 cm³/mol. The van der Waals surface area contributed by atoms with Crippen LogP contribution >= 0.6 is 7.82 Å². The Morgan fingerprint density at radius 2 is 1.88 bits per heavy atom. The van der Waals surface area contributed by atoms with Gasteiger partial charge in [0.05, 0.1) is 0 Å². The van der Waals surface area contributed by atoms with Gasteiger partial charge in [-0.25, -0.2) is 14.2 Å². The van der Waals surface area contributed by atoms with E-state index in [4.69, 9.17) is 0 Å². The number of urea groups is 1. The van der Waals surface area contributed by atoms with Gasteiger partial charge in [-0.1, -0.05) is 9.96 Å². The first-order valence-electron chi connectivity index (χ1n) is 4.20. The van der Waals surface area contributed by atoms with E-state index in [-0.39, 0.29) is 16.7 Å². The van der Waals surface area contributed by atoms with Gasteiger partial charge in [0, 0.05) is 0 Å². The summed E-state index contributed by atoms with van der Waals surface area (Å²) >= 11 is 0. The van der Waals surface area contributed by atoms with Gasteiger partial charge in [-0.2, -0.15) is 15.0 Å². The summed E-state index contributed by atoms with van der Waals surface area (Å²) < 4.78 is 26.0. The van der Waals surface area contributed by atoms with Crippen molar-refractivity contribution in [1.82, 2.24) is 9.71 Å². The summed E-state index contributed by atoms with van der Waals surface area (Å²) in [6.45, 7) is 0. The highest BCUT2D eigenvalue weighted by atomic mass is 31.2. The van der Waals surface area contributed by atoms with E-state index in [0.29, 0.717) is 9.96 Å². The number of amides is 2. The maximum Gasteiger partial charge on any atom is 0.597 e. The maximum atomic E-state index is 11.5. The number of nitrogens with zero attached hydrogens (tertiary/aromatic N) is 5. The molecule has 1 aromatic heterocycles. The second-order valence-corrected chi connectivity index (χ2v) is 4.52. The second-order valence-electron chi connectivity index (χ2n) is 3.14. The van der Waals surface area contributed by atoms with Gasteiger partial charge < -0.3 is 4.62 Å². The summed E-state index contributed by atoms with van der Waals surface area (Å²) in [5, 5.41) is 0.558. The Morgan fingerprint density at radius 3 is 2.65 bits per heavy atom. The standard InChI is InChI=1S/C5N5O6P/c11-4-6-1-2(7-4)9-5(12)8-3(1)10-15-17(13,14-9)16-10. The average Bonchev–Trinajstić information content (AvgIpc) is 2.57. The molecule has 0 unspecified atom stereocenters. The van der Waals surface area contributed by atoms with Gasteiger partial charge in [-0.05, 0) is 0 Å². The SMILES string of the molecule is O=C1N=c2c3nc(=O)n(c2=N1)OP1(=O)ON3O1. The zero-order valence-electron chi connectivity index (χ0n) is 7.63. The van der Waals surface area contributed by atoms with Crippen molar-refractivity contribution in [3.8, 4) is 0 Å². The molecule has 0 aromatic carbocycles. The Balaban J connectivity index is 2.25. The van der Waals surface area contributed by atoms with Crippen molar-refractivity contribution in [3.05, 3.63) is 21.3 Å². The molecule has 0 atom stereocenters. The van der Waals surface area contributed by atoms with E-state index < -0.39 is 19.5 Å². The zero-order valence-corrected chi connectivity index (χ0v) is 8.53. The Hall–Kier alpha value is -2.10. The van der Waals surface area contributed by atoms with Crippen molar-refractivity contribution in [2.75, 3.05) is 5.23 Å². The summed E-state index contributed by atoms with van der Waals surface area (Å²) in [5.41, 5.74) is -1.08. The van der Waals surface area contributed by atoms with Gasteiger partial charge in [-0.15, -0.1) is 9.25 Å². The molecule has 0 aliphatic carbocycles. The minimum absolute atomic E-state index is 0.0412. The molecular formula is C5N5O6P.